The molecule has 21 heavy (non-hydrogen) atoms. The van der Waals surface area contributed by atoms with Gasteiger partial charge in [0.15, 0.2) is 0 Å². The Balaban J connectivity index is 2.12. The van der Waals surface area contributed by atoms with Crippen LogP contribution in [0.4, 0.5) is 0 Å². The van der Waals surface area contributed by atoms with Crippen LogP contribution in [0, 0.1) is 23.7 Å². The molecule has 0 radical (unpaired) electrons. The summed E-state index contributed by atoms with van der Waals surface area (Å²) in [6.07, 6.45) is 8.09. The highest BCUT2D eigenvalue weighted by molar-refractivity contribution is 5.87. The van der Waals surface area contributed by atoms with E-state index in [0.29, 0.717) is 0 Å². The Morgan fingerprint density at radius 3 is 2.33 bits per heavy atom. The van der Waals surface area contributed by atoms with Crippen LogP contribution < -0.4 is 0 Å². The fourth-order valence-electron chi connectivity index (χ4n) is 3.84. The minimum absolute atomic E-state index is 0.0466. The maximum Gasteiger partial charge on any atom is 0.307 e. The molecule has 1 amide bonds. The molecule has 2 aliphatic rings. The highest BCUT2D eigenvalue weighted by atomic mass is 16.4. The van der Waals surface area contributed by atoms with E-state index in [1.165, 1.54) is 0 Å². The van der Waals surface area contributed by atoms with Crippen molar-refractivity contribution in [3.8, 4) is 0 Å². The van der Waals surface area contributed by atoms with Crippen LogP contribution in [0.5, 0.6) is 0 Å². The summed E-state index contributed by atoms with van der Waals surface area (Å²) in [5, 5.41) is 9.48. The quantitative estimate of drug-likeness (QED) is 0.580. The van der Waals surface area contributed by atoms with Gasteiger partial charge in [0.1, 0.15) is 0 Å². The van der Waals surface area contributed by atoms with Crippen molar-refractivity contribution in [1.29, 1.82) is 0 Å². The van der Waals surface area contributed by atoms with Gasteiger partial charge in [-0.25, -0.2) is 0 Å². The van der Waals surface area contributed by atoms with Crippen LogP contribution >= 0.6 is 0 Å². The fourth-order valence-corrected chi connectivity index (χ4v) is 3.84. The molecule has 4 atom stereocenters. The summed E-state index contributed by atoms with van der Waals surface area (Å²) < 4.78 is 0. The van der Waals surface area contributed by atoms with Gasteiger partial charge in [0, 0.05) is 12.6 Å². The second-order valence-electron chi connectivity index (χ2n) is 6.67. The van der Waals surface area contributed by atoms with Gasteiger partial charge in [-0.3, -0.25) is 9.59 Å². The molecule has 1 saturated carbocycles. The number of carbonyl (C=O) groups is 2. The maximum absolute atomic E-state index is 12.9. The zero-order chi connectivity index (χ0) is 15.6. The normalized spacial score (nSPS) is 30.1. The van der Waals surface area contributed by atoms with Crippen molar-refractivity contribution < 1.29 is 14.7 Å². The second kappa shape index (κ2) is 6.63. The van der Waals surface area contributed by atoms with Gasteiger partial charge in [-0.1, -0.05) is 31.9 Å². The third-order valence-corrected chi connectivity index (χ3v) is 4.94. The number of aliphatic carboxylic acids is 1. The third kappa shape index (κ3) is 3.14. The van der Waals surface area contributed by atoms with E-state index in [1.807, 2.05) is 24.8 Å². The van der Waals surface area contributed by atoms with E-state index in [2.05, 4.69) is 13.0 Å². The van der Waals surface area contributed by atoms with Crippen LogP contribution in [0.25, 0.3) is 0 Å². The number of carbonyl (C=O) groups excluding carboxylic acids is 1. The Labute approximate surface area is 127 Å². The molecule has 0 heterocycles. The molecule has 0 aromatic heterocycles. The number of hydrogen-bond acceptors (Lipinski definition) is 2. The minimum Gasteiger partial charge on any atom is -0.481 e. The number of nitrogens with zero attached hydrogens (tertiary/aromatic N) is 1. The molecular weight excluding hydrogens is 266 g/mol. The lowest BCUT2D eigenvalue weighted by Gasteiger charge is -2.33. The molecule has 4 nitrogen and oxygen atoms in total. The van der Waals surface area contributed by atoms with Crippen LogP contribution in [-0.4, -0.2) is 34.5 Å². The van der Waals surface area contributed by atoms with E-state index in [-0.39, 0.29) is 29.7 Å². The van der Waals surface area contributed by atoms with E-state index in [1.54, 1.807) is 0 Å². The van der Waals surface area contributed by atoms with Crippen molar-refractivity contribution in [2.45, 2.75) is 52.5 Å². The first-order valence-corrected chi connectivity index (χ1v) is 8.19. The topological polar surface area (TPSA) is 57.6 Å². The molecule has 2 unspecified atom stereocenters. The van der Waals surface area contributed by atoms with Crippen LogP contribution in [-0.2, 0) is 9.59 Å². The van der Waals surface area contributed by atoms with E-state index >= 15 is 0 Å². The van der Waals surface area contributed by atoms with Crippen LogP contribution in [0.15, 0.2) is 12.2 Å². The fraction of sp³-hybridized carbons (Fsp3) is 0.765. The summed E-state index contributed by atoms with van der Waals surface area (Å²) in [7, 11) is 0. The molecule has 2 bridgehead atoms. The average molecular weight is 293 g/mol. The molecule has 1 N–H and O–H groups in total. The molecule has 118 valence electrons. The number of allylic oxidation sites excluding steroid dienone is 2. The Bertz CT molecular complexity index is 430. The highest BCUT2D eigenvalue weighted by Crippen LogP contribution is 2.48. The number of unbranched alkanes of at least 4 members (excludes halogenated alkanes) is 2. The zero-order valence-electron chi connectivity index (χ0n) is 13.3. The number of amides is 1. The Hall–Kier alpha value is -1.32. The molecule has 1 fully saturated rings. The van der Waals surface area contributed by atoms with Crippen molar-refractivity contribution in [3.63, 3.8) is 0 Å². The van der Waals surface area contributed by atoms with Gasteiger partial charge < -0.3 is 10.0 Å². The Morgan fingerprint density at radius 2 is 1.81 bits per heavy atom. The van der Waals surface area contributed by atoms with Gasteiger partial charge in [0.2, 0.25) is 5.91 Å². The lowest BCUT2D eigenvalue weighted by Crippen LogP contribution is -2.46. The van der Waals surface area contributed by atoms with Crippen molar-refractivity contribution in [3.05, 3.63) is 12.2 Å². The molecule has 4 heteroatoms. The summed E-state index contributed by atoms with van der Waals surface area (Å²) >= 11 is 0. The first kappa shape index (κ1) is 16.1. The summed E-state index contributed by atoms with van der Waals surface area (Å²) in [4.78, 5) is 26.4. The predicted molar refractivity (Wildman–Crippen MR) is 81.7 cm³/mol. The highest BCUT2D eigenvalue weighted by Gasteiger charge is 2.52. The number of rotatable bonds is 7. The molecule has 0 aliphatic heterocycles. The second-order valence-corrected chi connectivity index (χ2v) is 6.67. The smallest absolute Gasteiger partial charge is 0.307 e. The van der Waals surface area contributed by atoms with E-state index in [0.717, 1.165) is 32.2 Å². The van der Waals surface area contributed by atoms with E-state index in [4.69, 9.17) is 0 Å². The lowest BCUT2D eigenvalue weighted by molar-refractivity contribution is -0.151. The van der Waals surface area contributed by atoms with Gasteiger partial charge in [-0.05, 0) is 38.5 Å². The lowest BCUT2D eigenvalue weighted by atomic mass is 9.82. The molecule has 0 aromatic carbocycles. The standard InChI is InChI=1S/C17H27NO3/c1-4-5-6-9-18(11(2)3)16(19)14-12-7-8-13(10-12)15(14)17(20)21/h7-8,11-15H,4-6,9-10H2,1-3H3,(H,20,21)/t12?,13?,14-,15+/m0/s1. The SMILES string of the molecule is CCCCCN(C(=O)[C@H]1C2C=CC(C2)[C@H]1C(=O)O)C(C)C. The Kier molecular flexibility index (Phi) is 5.07. The maximum atomic E-state index is 12.9. The van der Waals surface area contributed by atoms with Crippen LogP contribution in [0.2, 0.25) is 0 Å². The van der Waals surface area contributed by atoms with Crippen LogP contribution in [0.1, 0.15) is 46.5 Å². The molecule has 0 spiro atoms. The van der Waals surface area contributed by atoms with Crippen molar-refractivity contribution in [2.24, 2.45) is 23.7 Å². The molecule has 0 aromatic rings. The van der Waals surface area contributed by atoms with Crippen molar-refractivity contribution in [2.75, 3.05) is 6.54 Å². The largest absolute Gasteiger partial charge is 0.481 e. The predicted octanol–water partition coefficient (Wildman–Crippen LogP) is 2.94. The third-order valence-electron chi connectivity index (χ3n) is 4.94. The van der Waals surface area contributed by atoms with Crippen LogP contribution in [0.3, 0.4) is 0 Å². The summed E-state index contributed by atoms with van der Waals surface area (Å²) in [6, 6.07) is 0.131. The summed E-state index contributed by atoms with van der Waals surface area (Å²) in [6.45, 7) is 6.92. The van der Waals surface area contributed by atoms with Gasteiger partial charge in [-0.2, -0.15) is 0 Å². The first-order valence-electron chi connectivity index (χ1n) is 8.19. The van der Waals surface area contributed by atoms with E-state index < -0.39 is 11.9 Å². The number of hydrogen-bond donors (Lipinski definition) is 1. The minimum atomic E-state index is -0.817. The van der Waals surface area contributed by atoms with Crippen molar-refractivity contribution in [1.82, 2.24) is 4.90 Å². The Morgan fingerprint density at radius 1 is 1.19 bits per heavy atom. The average Bonchev–Trinajstić information content (AvgIpc) is 3.02. The van der Waals surface area contributed by atoms with Crippen molar-refractivity contribution >= 4 is 11.9 Å². The summed E-state index contributed by atoms with van der Waals surface area (Å²) in [5.74, 6) is -1.49. The van der Waals surface area contributed by atoms with Gasteiger partial charge in [0.05, 0.1) is 11.8 Å². The molecular formula is C17H27NO3. The number of carboxylic acid groups (broad SMARTS) is 1. The van der Waals surface area contributed by atoms with Gasteiger partial charge in [0.25, 0.3) is 0 Å². The van der Waals surface area contributed by atoms with E-state index in [9.17, 15) is 14.7 Å². The number of carboxylic acids is 1. The van der Waals surface area contributed by atoms with Gasteiger partial charge in [-0.15, -0.1) is 0 Å². The first-order chi connectivity index (χ1) is 9.97. The monoisotopic (exact) mass is 293 g/mol. The molecule has 2 rings (SSSR count). The number of fused-ring (bicyclic) bond motifs is 2. The molecule has 0 saturated heterocycles. The van der Waals surface area contributed by atoms with Gasteiger partial charge >= 0.3 is 5.97 Å². The zero-order valence-corrected chi connectivity index (χ0v) is 13.3. The molecule has 2 aliphatic carbocycles. The summed E-state index contributed by atoms with van der Waals surface area (Å²) in [5.41, 5.74) is 0.